The molecule has 0 aromatic heterocycles. The number of esters is 1. The van der Waals surface area contributed by atoms with Crippen LogP contribution in [0.25, 0.3) is 0 Å². The van der Waals surface area contributed by atoms with Gasteiger partial charge in [0.25, 0.3) is 0 Å². The number of carbonyl (C=O) groups excluding carboxylic acids is 2. The second-order valence-electron chi connectivity index (χ2n) is 3.28. The molecule has 2 rings (SSSR count). The molecule has 1 aliphatic rings. The molecule has 0 radical (unpaired) electrons. The van der Waals surface area contributed by atoms with Crippen LogP contribution in [0.15, 0.2) is 18.2 Å². The minimum atomic E-state index is -0.669. The minimum Gasteiger partial charge on any atom is -0.496 e. The van der Waals surface area contributed by atoms with Crippen molar-refractivity contribution in [1.82, 2.24) is 0 Å². The molecular formula is C11H10O4. The SMILES string of the molecule is COc1cccc2c1C(=O)OC(C=O)C2. The molecule has 0 bridgehead atoms. The summed E-state index contributed by atoms with van der Waals surface area (Å²) in [4.78, 5) is 22.1. The van der Waals surface area contributed by atoms with Crippen molar-refractivity contribution in [2.75, 3.05) is 7.11 Å². The lowest BCUT2D eigenvalue weighted by Gasteiger charge is -2.21. The quantitative estimate of drug-likeness (QED) is 0.534. The van der Waals surface area contributed by atoms with Crippen LogP contribution < -0.4 is 4.74 Å². The Kier molecular flexibility index (Phi) is 2.41. The molecule has 15 heavy (non-hydrogen) atoms. The van der Waals surface area contributed by atoms with Gasteiger partial charge in [0.2, 0.25) is 0 Å². The van der Waals surface area contributed by atoms with E-state index in [1.807, 2.05) is 0 Å². The molecule has 4 nitrogen and oxygen atoms in total. The Labute approximate surface area is 86.8 Å². The predicted molar refractivity (Wildman–Crippen MR) is 52.0 cm³/mol. The summed E-state index contributed by atoms with van der Waals surface area (Å²) >= 11 is 0. The van der Waals surface area contributed by atoms with Crippen molar-refractivity contribution in [2.45, 2.75) is 12.5 Å². The van der Waals surface area contributed by atoms with E-state index in [2.05, 4.69) is 0 Å². The molecule has 0 aliphatic carbocycles. The lowest BCUT2D eigenvalue weighted by atomic mass is 9.98. The van der Waals surface area contributed by atoms with Crippen LogP contribution >= 0.6 is 0 Å². The van der Waals surface area contributed by atoms with Gasteiger partial charge in [-0.25, -0.2) is 4.79 Å². The standard InChI is InChI=1S/C11H10O4/c1-14-9-4-2-3-7-5-8(6-12)15-11(13)10(7)9/h2-4,6,8H,5H2,1H3. The van der Waals surface area contributed by atoms with Gasteiger partial charge in [0, 0.05) is 6.42 Å². The van der Waals surface area contributed by atoms with Crippen molar-refractivity contribution in [3.05, 3.63) is 29.3 Å². The van der Waals surface area contributed by atoms with E-state index in [0.717, 1.165) is 5.56 Å². The monoisotopic (exact) mass is 206 g/mol. The Bertz CT molecular complexity index is 411. The smallest absolute Gasteiger partial charge is 0.342 e. The Balaban J connectivity index is 2.48. The number of rotatable bonds is 2. The molecule has 1 aromatic rings. The van der Waals surface area contributed by atoms with Crippen LogP contribution in [0.5, 0.6) is 5.75 Å². The molecule has 1 heterocycles. The van der Waals surface area contributed by atoms with Gasteiger partial charge < -0.3 is 9.47 Å². The maximum atomic E-state index is 11.6. The summed E-state index contributed by atoms with van der Waals surface area (Å²) in [6.45, 7) is 0. The minimum absolute atomic E-state index is 0.418. The van der Waals surface area contributed by atoms with E-state index in [1.54, 1.807) is 18.2 Å². The lowest BCUT2D eigenvalue weighted by Crippen LogP contribution is -2.29. The van der Waals surface area contributed by atoms with Crippen LogP contribution in [-0.4, -0.2) is 25.5 Å². The fourth-order valence-corrected chi connectivity index (χ4v) is 1.68. The summed E-state index contributed by atoms with van der Waals surface area (Å²) in [5.41, 5.74) is 1.22. The molecule has 0 saturated heterocycles. The fourth-order valence-electron chi connectivity index (χ4n) is 1.68. The predicted octanol–water partition coefficient (Wildman–Crippen LogP) is 0.976. The van der Waals surface area contributed by atoms with Gasteiger partial charge >= 0.3 is 5.97 Å². The first-order valence-corrected chi connectivity index (χ1v) is 4.58. The van der Waals surface area contributed by atoms with E-state index in [4.69, 9.17) is 9.47 Å². The maximum Gasteiger partial charge on any atom is 0.342 e. The third-order valence-corrected chi connectivity index (χ3v) is 2.37. The first-order valence-electron chi connectivity index (χ1n) is 4.58. The molecule has 0 fully saturated rings. The number of hydrogen-bond acceptors (Lipinski definition) is 4. The number of fused-ring (bicyclic) bond motifs is 1. The van der Waals surface area contributed by atoms with Gasteiger partial charge in [-0.1, -0.05) is 12.1 Å². The summed E-state index contributed by atoms with van der Waals surface area (Å²) in [6, 6.07) is 5.29. The van der Waals surface area contributed by atoms with Crippen LogP contribution in [0.3, 0.4) is 0 Å². The second-order valence-corrected chi connectivity index (χ2v) is 3.28. The Morgan fingerprint density at radius 3 is 3.00 bits per heavy atom. The Morgan fingerprint density at radius 2 is 2.33 bits per heavy atom. The average Bonchev–Trinajstić information content (AvgIpc) is 2.27. The lowest BCUT2D eigenvalue weighted by molar-refractivity contribution is -0.115. The zero-order chi connectivity index (χ0) is 10.8. The van der Waals surface area contributed by atoms with E-state index in [1.165, 1.54) is 7.11 Å². The van der Waals surface area contributed by atoms with E-state index in [-0.39, 0.29) is 0 Å². The second kappa shape index (κ2) is 3.73. The summed E-state index contributed by atoms with van der Waals surface area (Å²) in [6.07, 6.45) is 0.388. The number of carbonyl (C=O) groups is 2. The maximum absolute atomic E-state index is 11.6. The molecular weight excluding hydrogens is 196 g/mol. The number of cyclic esters (lactones) is 1. The number of hydrogen-bond donors (Lipinski definition) is 0. The van der Waals surface area contributed by atoms with E-state index < -0.39 is 12.1 Å². The first kappa shape index (κ1) is 9.71. The fraction of sp³-hybridized carbons (Fsp3) is 0.273. The molecule has 1 aromatic carbocycles. The molecule has 4 heteroatoms. The third kappa shape index (κ3) is 1.58. The molecule has 0 amide bonds. The van der Waals surface area contributed by atoms with Gasteiger partial charge in [0.05, 0.1) is 7.11 Å². The summed E-state index contributed by atoms with van der Waals surface area (Å²) in [5.74, 6) is -0.00681. The van der Waals surface area contributed by atoms with Gasteiger partial charge in [-0.15, -0.1) is 0 Å². The topological polar surface area (TPSA) is 52.6 Å². The number of aldehydes is 1. The van der Waals surface area contributed by atoms with Crippen LogP contribution in [0, 0.1) is 0 Å². The van der Waals surface area contributed by atoms with Crippen molar-refractivity contribution in [3.8, 4) is 5.75 Å². The highest BCUT2D eigenvalue weighted by atomic mass is 16.5. The first-order chi connectivity index (χ1) is 7.26. The van der Waals surface area contributed by atoms with E-state index in [0.29, 0.717) is 24.0 Å². The zero-order valence-electron chi connectivity index (χ0n) is 8.23. The van der Waals surface area contributed by atoms with Crippen molar-refractivity contribution in [2.24, 2.45) is 0 Å². The number of ether oxygens (including phenoxy) is 2. The normalized spacial score (nSPS) is 19.0. The summed E-state index contributed by atoms with van der Waals surface area (Å²) < 4.78 is 9.98. The summed E-state index contributed by atoms with van der Waals surface area (Å²) in [7, 11) is 1.49. The number of methoxy groups -OCH3 is 1. The van der Waals surface area contributed by atoms with Gasteiger partial charge in [-0.3, -0.25) is 4.79 Å². The van der Waals surface area contributed by atoms with Crippen LogP contribution in [-0.2, 0) is 16.0 Å². The third-order valence-electron chi connectivity index (χ3n) is 2.37. The van der Waals surface area contributed by atoms with Crippen molar-refractivity contribution < 1.29 is 19.1 Å². The molecule has 1 aliphatic heterocycles. The van der Waals surface area contributed by atoms with Crippen molar-refractivity contribution in [3.63, 3.8) is 0 Å². The van der Waals surface area contributed by atoms with Gasteiger partial charge in [0.15, 0.2) is 12.4 Å². The molecule has 1 unspecified atom stereocenters. The highest BCUT2D eigenvalue weighted by molar-refractivity contribution is 5.96. The van der Waals surface area contributed by atoms with Crippen LogP contribution in [0.1, 0.15) is 15.9 Å². The van der Waals surface area contributed by atoms with Crippen molar-refractivity contribution >= 4 is 12.3 Å². The van der Waals surface area contributed by atoms with Gasteiger partial charge in [0.1, 0.15) is 11.3 Å². The summed E-state index contributed by atoms with van der Waals surface area (Å²) in [5, 5.41) is 0. The molecule has 0 saturated carbocycles. The average molecular weight is 206 g/mol. The van der Waals surface area contributed by atoms with E-state index in [9.17, 15) is 9.59 Å². The molecule has 0 N–H and O–H groups in total. The van der Waals surface area contributed by atoms with Gasteiger partial charge in [-0.05, 0) is 11.6 Å². The largest absolute Gasteiger partial charge is 0.496 e. The number of benzene rings is 1. The van der Waals surface area contributed by atoms with Crippen LogP contribution in [0.2, 0.25) is 0 Å². The van der Waals surface area contributed by atoms with E-state index >= 15 is 0 Å². The van der Waals surface area contributed by atoms with Crippen molar-refractivity contribution in [1.29, 1.82) is 0 Å². The highest BCUT2D eigenvalue weighted by Gasteiger charge is 2.28. The Morgan fingerprint density at radius 1 is 1.53 bits per heavy atom. The molecule has 78 valence electrons. The molecule has 0 spiro atoms. The molecule has 1 atom stereocenters. The zero-order valence-corrected chi connectivity index (χ0v) is 8.23. The van der Waals surface area contributed by atoms with Crippen LogP contribution in [0.4, 0.5) is 0 Å². The highest BCUT2D eigenvalue weighted by Crippen LogP contribution is 2.28. The van der Waals surface area contributed by atoms with Gasteiger partial charge in [-0.2, -0.15) is 0 Å². The Hall–Kier alpha value is -1.84.